The maximum atomic E-state index is 11.8. The molecule has 1 aromatic rings. The summed E-state index contributed by atoms with van der Waals surface area (Å²) in [6, 6.07) is 4.77. The quantitative estimate of drug-likeness (QED) is 0.694. The van der Waals surface area contributed by atoms with Gasteiger partial charge in [0.15, 0.2) is 0 Å². The maximum absolute atomic E-state index is 11.8. The van der Waals surface area contributed by atoms with Gasteiger partial charge in [-0.25, -0.2) is 0 Å². The second kappa shape index (κ2) is 3.72. The Labute approximate surface area is 92.2 Å². The summed E-state index contributed by atoms with van der Waals surface area (Å²) in [5.41, 5.74) is 6.48. The van der Waals surface area contributed by atoms with E-state index in [9.17, 15) is 4.79 Å². The van der Waals surface area contributed by atoms with Crippen LogP contribution in [0.1, 0.15) is 10.4 Å². The fourth-order valence-electron chi connectivity index (χ4n) is 1.52. The first-order chi connectivity index (χ1) is 7.08. The first kappa shape index (κ1) is 10.3. The van der Waals surface area contributed by atoms with E-state index in [0.29, 0.717) is 29.4 Å². The van der Waals surface area contributed by atoms with E-state index in [2.05, 4.69) is 0 Å². The van der Waals surface area contributed by atoms with Crippen LogP contribution in [0.4, 0.5) is 5.69 Å². The molecule has 2 rings (SSSR count). The molecule has 5 heteroatoms. The largest absolute Gasteiger partial charge is 0.398 e. The minimum absolute atomic E-state index is 0.158. The maximum Gasteiger partial charge on any atom is 0.256 e. The molecule has 3 N–H and O–H groups in total. The van der Waals surface area contributed by atoms with Gasteiger partial charge in [0.1, 0.15) is 0 Å². The van der Waals surface area contributed by atoms with Crippen molar-refractivity contribution in [1.29, 1.82) is 0 Å². The number of hydrogen-bond donors (Lipinski definition) is 2. The Morgan fingerprint density at radius 2 is 2.20 bits per heavy atom. The zero-order valence-electron chi connectivity index (χ0n) is 7.98. The molecule has 1 heterocycles. The molecule has 0 unspecified atom stereocenters. The number of benzene rings is 1. The van der Waals surface area contributed by atoms with Crippen LogP contribution in [0.15, 0.2) is 18.2 Å². The third kappa shape index (κ3) is 1.91. The number of aliphatic hydroxyl groups is 1. The number of β-amino-alcohol motifs (C(OH)–C–C–N with tert-alkyl or cyclic N) is 1. The van der Waals surface area contributed by atoms with Crippen LogP contribution < -0.4 is 5.73 Å². The molecule has 4 nitrogen and oxygen atoms in total. The molecular formula is C10H11ClN2O2. The number of carbonyl (C=O) groups excluding carboxylic acids is 1. The van der Waals surface area contributed by atoms with Gasteiger partial charge in [-0.2, -0.15) is 0 Å². The van der Waals surface area contributed by atoms with Crippen LogP contribution in [-0.4, -0.2) is 35.1 Å². The van der Waals surface area contributed by atoms with Crippen LogP contribution >= 0.6 is 11.6 Å². The molecule has 0 bridgehead atoms. The van der Waals surface area contributed by atoms with Gasteiger partial charge in [0.2, 0.25) is 0 Å². The number of aliphatic hydroxyl groups excluding tert-OH is 1. The standard InChI is InChI=1S/C10H11ClN2O2/c11-6-1-2-8(9(12)3-6)10(15)13-4-7(14)5-13/h1-3,7,14H,4-5,12H2. The van der Waals surface area contributed by atoms with E-state index >= 15 is 0 Å². The number of nitrogens with two attached hydrogens (primary N) is 1. The molecule has 1 aliphatic rings. The highest BCUT2D eigenvalue weighted by molar-refractivity contribution is 6.31. The minimum atomic E-state index is -0.400. The van der Waals surface area contributed by atoms with Gasteiger partial charge in [-0.3, -0.25) is 4.79 Å². The van der Waals surface area contributed by atoms with Gasteiger partial charge in [0, 0.05) is 23.8 Å². The van der Waals surface area contributed by atoms with Gasteiger partial charge >= 0.3 is 0 Å². The van der Waals surface area contributed by atoms with E-state index in [1.807, 2.05) is 0 Å². The third-order valence-electron chi connectivity index (χ3n) is 2.39. The number of rotatable bonds is 1. The molecule has 1 saturated heterocycles. The Morgan fingerprint density at radius 1 is 1.53 bits per heavy atom. The number of halogens is 1. The van der Waals surface area contributed by atoms with Gasteiger partial charge in [-0.1, -0.05) is 11.6 Å². The lowest BCUT2D eigenvalue weighted by Gasteiger charge is -2.36. The van der Waals surface area contributed by atoms with Crippen LogP contribution in [0.3, 0.4) is 0 Å². The highest BCUT2D eigenvalue weighted by Gasteiger charge is 2.30. The number of likely N-dealkylation sites (tertiary alicyclic amines) is 1. The van der Waals surface area contributed by atoms with Gasteiger partial charge in [0.05, 0.1) is 11.7 Å². The average molecular weight is 227 g/mol. The molecule has 0 aliphatic carbocycles. The highest BCUT2D eigenvalue weighted by Crippen LogP contribution is 2.21. The van der Waals surface area contributed by atoms with Crippen molar-refractivity contribution >= 4 is 23.2 Å². The number of nitrogen functional groups attached to an aromatic ring is 1. The Morgan fingerprint density at radius 3 is 2.73 bits per heavy atom. The summed E-state index contributed by atoms with van der Waals surface area (Å²) in [5, 5.41) is 9.59. The monoisotopic (exact) mass is 226 g/mol. The van der Waals surface area contributed by atoms with Gasteiger partial charge in [0.25, 0.3) is 5.91 Å². The summed E-state index contributed by atoms with van der Waals surface area (Å²) < 4.78 is 0. The van der Waals surface area contributed by atoms with Crippen molar-refractivity contribution in [3.8, 4) is 0 Å². The molecule has 1 amide bonds. The molecular weight excluding hydrogens is 216 g/mol. The number of hydrogen-bond acceptors (Lipinski definition) is 3. The number of amides is 1. The molecule has 0 saturated carbocycles. The lowest BCUT2D eigenvalue weighted by Crippen LogP contribution is -2.53. The molecule has 1 aromatic carbocycles. The number of anilines is 1. The summed E-state index contributed by atoms with van der Waals surface area (Å²) in [6.45, 7) is 0.752. The topological polar surface area (TPSA) is 66.6 Å². The van der Waals surface area contributed by atoms with E-state index in [1.54, 1.807) is 23.1 Å². The van der Waals surface area contributed by atoms with Crippen molar-refractivity contribution in [3.05, 3.63) is 28.8 Å². The smallest absolute Gasteiger partial charge is 0.256 e. The Bertz CT molecular complexity index is 402. The van der Waals surface area contributed by atoms with Crippen molar-refractivity contribution in [2.45, 2.75) is 6.10 Å². The summed E-state index contributed by atoms with van der Waals surface area (Å²) >= 11 is 5.73. The van der Waals surface area contributed by atoms with Crippen molar-refractivity contribution in [1.82, 2.24) is 4.90 Å². The Balaban J connectivity index is 2.19. The number of carbonyl (C=O) groups is 1. The fraction of sp³-hybridized carbons (Fsp3) is 0.300. The van der Waals surface area contributed by atoms with E-state index in [4.69, 9.17) is 22.4 Å². The predicted molar refractivity (Wildman–Crippen MR) is 57.8 cm³/mol. The normalized spacial score (nSPS) is 16.3. The summed E-state index contributed by atoms with van der Waals surface area (Å²) in [7, 11) is 0. The first-order valence-corrected chi connectivity index (χ1v) is 4.98. The fourth-order valence-corrected chi connectivity index (χ4v) is 1.70. The molecule has 0 atom stereocenters. The van der Waals surface area contributed by atoms with Crippen molar-refractivity contribution in [2.24, 2.45) is 0 Å². The molecule has 15 heavy (non-hydrogen) atoms. The first-order valence-electron chi connectivity index (χ1n) is 4.60. The molecule has 1 fully saturated rings. The van der Waals surface area contributed by atoms with E-state index < -0.39 is 6.10 Å². The van der Waals surface area contributed by atoms with Crippen LogP contribution in [0.2, 0.25) is 5.02 Å². The average Bonchev–Trinajstić information content (AvgIpc) is 2.12. The minimum Gasteiger partial charge on any atom is -0.398 e. The Kier molecular flexibility index (Phi) is 2.54. The second-order valence-corrected chi connectivity index (χ2v) is 4.03. The van der Waals surface area contributed by atoms with Gasteiger partial charge in [-0.15, -0.1) is 0 Å². The lowest BCUT2D eigenvalue weighted by molar-refractivity contribution is 0.00596. The van der Waals surface area contributed by atoms with E-state index in [-0.39, 0.29) is 5.91 Å². The summed E-state index contributed by atoms with van der Waals surface area (Å²) in [4.78, 5) is 13.3. The van der Waals surface area contributed by atoms with Gasteiger partial charge < -0.3 is 15.7 Å². The predicted octanol–water partition coefficient (Wildman–Crippen LogP) is 0.739. The zero-order chi connectivity index (χ0) is 11.0. The molecule has 0 spiro atoms. The number of nitrogens with zero attached hydrogens (tertiary/aromatic N) is 1. The van der Waals surface area contributed by atoms with Crippen molar-refractivity contribution in [3.63, 3.8) is 0 Å². The SMILES string of the molecule is Nc1cc(Cl)ccc1C(=O)N1CC(O)C1. The second-order valence-electron chi connectivity index (χ2n) is 3.60. The van der Waals surface area contributed by atoms with Gasteiger partial charge in [-0.05, 0) is 18.2 Å². The Hall–Kier alpha value is -1.26. The third-order valence-corrected chi connectivity index (χ3v) is 2.63. The van der Waals surface area contributed by atoms with Crippen LogP contribution in [0.25, 0.3) is 0 Å². The lowest BCUT2D eigenvalue weighted by atomic mass is 10.1. The summed E-state index contributed by atoms with van der Waals surface area (Å²) in [5.74, 6) is -0.158. The summed E-state index contributed by atoms with van der Waals surface area (Å²) in [6.07, 6.45) is -0.400. The highest BCUT2D eigenvalue weighted by atomic mass is 35.5. The van der Waals surface area contributed by atoms with Crippen molar-refractivity contribution in [2.75, 3.05) is 18.8 Å². The van der Waals surface area contributed by atoms with E-state index in [1.165, 1.54) is 0 Å². The molecule has 0 aromatic heterocycles. The molecule has 0 radical (unpaired) electrons. The van der Waals surface area contributed by atoms with Crippen LogP contribution in [0, 0.1) is 0 Å². The molecule has 80 valence electrons. The van der Waals surface area contributed by atoms with E-state index in [0.717, 1.165) is 0 Å². The molecule has 1 aliphatic heterocycles. The zero-order valence-corrected chi connectivity index (χ0v) is 8.74. The van der Waals surface area contributed by atoms with Crippen molar-refractivity contribution < 1.29 is 9.90 Å². The van der Waals surface area contributed by atoms with Crippen LogP contribution in [-0.2, 0) is 0 Å². The van der Waals surface area contributed by atoms with Crippen LogP contribution in [0.5, 0.6) is 0 Å².